The second kappa shape index (κ2) is 5.10. The second-order valence-corrected chi connectivity index (χ2v) is 6.62. The van der Waals surface area contributed by atoms with Gasteiger partial charge in [-0.2, -0.15) is 23.5 Å². The third kappa shape index (κ3) is 3.05. The summed E-state index contributed by atoms with van der Waals surface area (Å²) in [6, 6.07) is 0.658. The Labute approximate surface area is 94.6 Å². The molecule has 0 aromatic heterocycles. The first-order chi connectivity index (χ1) is 6.79. The summed E-state index contributed by atoms with van der Waals surface area (Å²) in [4.78, 5) is 0. The summed E-state index contributed by atoms with van der Waals surface area (Å²) >= 11 is 3.92. The van der Waals surface area contributed by atoms with Crippen molar-refractivity contribution in [3.05, 3.63) is 0 Å². The minimum Gasteiger partial charge on any atom is -0.388 e. The van der Waals surface area contributed by atoms with Gasteiger partial charge in [0, 0.05) is 18.3 Å². The van der Waals surface area contributed by atoms with Gasteiger partial charge in [0.25, 0.3) is 0 Å². The van der Waals surface area contributed by atoms with Gasteiger partial charge < -0.3 is 10.4 Å². The largest absolute Gasteiger partial charge is 0.388 e. The van der Waals surface area contributed by atoms with Crippen LogP contribution in [0.25, 0.3) is 0 Å². The van der Waals surface area contributed by atoms with E-state index in [4.69, 9.17) is 0 Å². The Balaban J connectivity index is 1.70. The van der Waals surface area contributed by atoms with Crippen LogP contribution in [-0.4, -0.2) is 46.3 Å². The smallest absolute Gasteiger partial charge is 0.0869 e. The average Bonchev–Trinajstić information content (AvgIpc) is 2.65. The van der Waals surface area contributed by atoms with Gasteiger partial charge in [-0.1, -0.05) is 0 Å². The van der Waals surface area contributed by atoms with Crippen molar-refractivity contribution in [3.63, 3.8) is 0 Å². The molecule has 0 spiro atoms. The molecule has 2 aliphatic heterocycles. The first-order valence-electron chi connectivity index (χ1n) is 5.40. The van der Waals surface area contributed by atoms with Crippen molar-refractivity contribution < 1.29 is 5.11 Å². The summed E-state index contributed by atoms with van der Waals surface area (Å²) in [7, 11) is 0. The number of nitrogens with one attached hydrogen (secondary N) is 1. The molecule has 2 aliphatic rings. The number of rotatable bonds is 3. The molecule has 2 N–H and O–H groups in total. The molecule has 0 aromatic rings. The Morgan fingerprint density at radius 3 is 2.64 bits per heavy atom. The third-order valence-electron chi connectivity index (χ3n) is 3.02. The van der Waals surface area contributed by atoms with Crippen molar-refractivity contribution in [1.82, 2.24) is 5.32 Å². The molecule has 0 aliphatic carbocycles. The van der Waals surface area contributed by atoms with Gasteiger partial charge in [-0.05, 0) is 36.5 Å². The average molecular weight is 233 g/mol. The first-order valence-corrected chi connectivity index (χ1v) is 7.71. The lowest BCUT2D eigenvalue weighted by Crippen LogP contribution is -2.45. The van der Waals surface area contributed by atoms with Crippen molar-refractivity contribution in [2.75, 3.05) is 29.6 Å². The quantitative estimate of drug-likeness (QED) is 0.770. The molecule has 1 atom stereocenters. The third-order valence-corrected chi connectivity index (χ3v) is 5.31. The fourth-order valence-electron chi connectivity index (χ4n) is 1.97. The van der Waals surface area contributed by atoms with Gasteiger partial charge in [0.1, 0.15) is 0 Å². The van der Waals surface area contributed by atoms with Gasteiger partial charge in [0.2, 0.25) is 0 Å². The number of hydrogen-bond acceptors (Lipinski definition) is 4. The lowest BCUT2D eigenvalue weighted by Gasteiger charge is -2.28. The predicted octanol–water partition coefficient (Wildman–Crippen LogP) is 1.34. The summed E-state index contributed by atoms with van der Waals surface area (Å²) in [5.74, 6) is 4.61. The summed E-state index contributed by atoms with van der Waals surface area (Å²) in [6.07, 6.45) is 3.51. The van der Waals surface area contributed by atoms with E-state index in [1.807, 2.05) is 23.5 Å². The van der Waals surface area contributed by atoms with Gasteiger partial charge in [0.15, 0.2) is 0 Å². The Kier molecular flexibility index (Phi) is 4.05. The van der Waals surface area contributed by atoms with Crippen LogP contribution in [0.4, 0.5) is 0 Å². The van der Waals surface area contributed by atoms with Crippen molar-refractivity contribution >= 4 is 23.5 Å². The van der Waals surface area contributed by atoms with E-state index in [0.717, 1.165) is 24.5 Å². The van der Waals surface area contributed by atoms with Crippen molar-refractivity contribution in [2.45, 2.75) is 30.9 Å². The van der Waals surface area contributed by atoms with E-state index in [0.29, 0.717) is 6.04 Å². The Morgan fingerprint density at radius 2 is 2.00 bits per heavy atom. The molecule has 0 bridgehead atoms. The van der Waals surface area contributed by atoms with Gasteiger partial charge in [-0.25, -0.2) is 0 Å². The van der Waals surface area contributed by atoms with E-state index >= 15 is 0 Å². The number of hydrogen-bond donors (Lipinski definition) is 2. The van der Waals surface area contributed by atoms with E-state index in [1.165, 1.54) is 24.3 Å². The Hall–Kier alpha value is 0.620. The van der Waals surface area contributed by atoms with Crippen LogP contribution in [0.2, 0.25) is 0 Å². The van der Waals surface area contributed by atoms with Gasteiger partial charge >= 0.3 is 0 Å². The van der Waals surface area contributed by atoms with Crippen LogP contribution >= 0.6 is 23.5 Å². The molecule has 0 aromatic carbocycles. The fourth-order valence-corrected chi connectivity index (χ4v) is 4.37. The highest BCUT2D eigenvalue weighted by molar-refractivity contribution is 7.99. The van der Waals surface area contributed by atoms with E-state index < -0.39 is 5.60 Å². The molecule has 2 rings (SSSR count). The van der Waals surface area contributed by atoms with Crippen molar-refractivity contribution in [2.24, 2.45) is 0 Å². The fraction of sp³-hybridized carbons (Fsp3) is 1.00. The van der Waals surface area contributed by atoms with Gasteiger partial charge in [-0.3, -0.25) is 0 Å². The lowest BCUT2D eigenvalue weighted by atomic mass is 10.0. The van der Waals surface area contributed by atoms with Crippen LogP contribution in [0, 0.1) is 0 Å². The molecule has 2 fully saturated rings. The van der Waals surface area contributed by atoms with Crippen molar-refractivity contribution in [3.8, 4) is 0 Å². The van der Waals surface area contributed by atoms with Crippen LogP contribution in [0.15, 0.2) is 0 Å². The van der Waals surface area contributed by atoms with Crippen LogP contribution in [0.1, 0.15) is 19.3 Å². The maximum Gasteiger partial charge on any atom is 0.0869 e. The molecule has 1 unspecified atom stereocenters. The highest BCUT2D eigenvalue weighted by atomic mass is 32.2. The molecule has 2 heterocycles. The van der Waals surface area contributed by atoms with Crippen LogP contribution in [0.3, 0.4) is 0 Å². The molecular weight excluding hydrogens is 214 g/mol. The molecular formula is C10H19NOS2. The Morgan fingerprint density at radius 1 is 1.21 bits per heavy atom. The molecule has 4 heteroatoms. The van der Waals surface area contributed by atoms with E-state index in [2.05, 4.69) is 5.32 Å². The Bertz CT molecular complexity index is 177. The molecule has 2 nitrogen and oxygen atoms in total. The highest BCUT2D eigenvalue weighted by Crippen LogP contribution is 2.27. The first kappa shape index (κ1) is 11.1. The summed E-state index contributed by atoms with van der Waals surface area (Å²) in [6.45, 7) is 0.801. The maximum absolute atomic E-state index is 10.1. The molecule has 0 saturated carbocycles. The lowest BCUT2D eigenvalue weighted by molar-refractivity contribution is 0.0642. The molecule has 82 valence electrons. The minimum atomic E-state index is -0.407. The maximum atomic E-state index is 10.1. The number of aliphatic hydroxyl groups is 1. The van der Waals surface area contributed by atoms with E-state index in [1.54, 1.807) is 0 Å². The summed E-state index contributed by atoms with van der Waals surface area (Å²) in [5, 5.41) is 13.7. The zero-order valence-electron chi connectivity index (χ0n) is 8.50. The zero-order valence-corrected chi connectivity index (χ0v) is 10.1. The van der Waals surface area contributed by atoms with Crippen LogP contribution in [-0.2, 0) is 0 Å². The SMILES string of the molecule is OC1(CNC2CCSCC2)CCSC1. The van der Waals surface area contributed by atoms with Crippen LogP contribution in [0.5, 0.6) is 0 Å². The molecule has 14 heavy (non-hydrogen) atoms. The van der Waals surface area contributed by atoms with Crippen LogP contribution < -0.4 is 5.32 Å². The molecule has 0 radical (unpaired) electrons. The predicted molar refractivity (Wildman–Crippen MR) is 65.2 cm³/mol. The van der Waals surface area contributed by atoms with Crippen molar-refractivity contribution in [1.29, 1.82) is 0 Å². The van der Waals surface area contributed by atoms with E-state index in [-0.39, 0.29) is 0 Å². The highest BCUT2D eigenvalue weighted by Gasteiger charge is 2.32. The summed E-state index contributed by atoms with van der Waals surface area (Å²) in [5.41, 5.74) is -0.407. The topological polar surface area (TPSA) is 32.3 Å². The zero-order chi connectivity index (χ0) is 9.86. The molecule has 0 amide bonds. The standard InChI is InChI=1S/C10H19NOS2/c12-10(3-6-14-8-10)7-11-9-1-4-13-5-2-9/h9,11-12H,1-8H2. The second-order valence-electron chi connectivity index (χ2n) is 4.29. The summed E-state index contributed by atoms with van der Waals surface area (Å²) < 4.78 is 0. The normalized spacial score (nSPS) is 34.9. The van der Waals surface area contributed by atoms with Gasteiger partial charge in [-0.15, -0.1) is 0 Å². The monoisotopic (exact) mass is 233 g/mol. The minimum absolute atomic E-state index is 0.407. The van der Waals surface area contributed by atoms with E-state index in [9.17, 15) is 5.11 Å². The molecule has 2 saturated heterocycles. The number of thioether (sulfide) groups is 2. The van der Waals surface area contributed by atoms with Gasteiger partial charge in [0.05, 0.1) is 5.60 Å².